The summed E-state index contributed by atoms with van der Waals surface area (Å²) >= 11 is 8.64. The minimum absolute atomic E-state index is 0.0769. The first-order chi connectivity index (χ1) is 8.36. The van der Waals surface area contributed by atoms with Crippen molar-refractivity contribution in [2.45, 2.75) is 19.9 Å². The fourth-order valence-corrected chi connectivity index (χ4v) is 2.22. The molecule has 18 heavy (non-hydrogen) atoms. The fraction of sp³-hybridized carbons (Fsp3) is 0.417. The van der Waals surface area contributed by atoms with E-state index in [1.165, 1.54) is 0 Å². The second-order valence-corrected chi connectivity index (χ2v) is 5.45. The van der Waals surface area contributed by atoms with E-state index >= 15 is 0 Å². The van der Waals surface area contributed by atoms with Crippen LogP contribution in [0.3, 0.4) is 0 Å². The highest BCUT2D eigenvalue weighted by Crippen LogP contribution is 2.19. The fourth-order valence-electron chi connectivity index (χ4n) is 1.38. The van der Waals surface area contributed by atoms with E-state index in [1.54, 1.807) is 0 Å². The van der Waals surface area contributed by atoms with Crippen molar-refractivity contribution < 1.29 is 13.6 Å². The number of halogens is 4. The maximum atomic E-state index is 13.6. The third-order valence-electron chi connectivity index (χ3n) is 2.52. The minimum atomic E-state index is -0.906. The second kappa shape index (κ2) is 6.48. The zero-order valence-corrected chi connectivity index (χ0v) is 12.3. The Bertz CT molecular complexity index is 431. The van der Waals surface area contributed by atoms with Crippen molar-refractivity contribution in [3.8, 4) is 0 Å². The number of benzene rings is 1. The molecule has 0 spiro atoms. The third kappa shape index (κ3) is 3.65. The summed E-state index contributed by atoms with van der Waals surface area (Å²) in [6, 6.07) is 1.76. The van der Waals surface area contributed by atoms with E-state index < -0.39 is 23.1 Å². The molecule has 0 bridgehead atoms. The van der Waals surface area contributed by atoms with Crippen LogP contribution in [0.25, 0.3) is 0 Å². The van der Waals surface area contributed by atoms with Crippen molar-refractivity contribution in [2.24, 2.45) is 5.92 Å². The van der Waals surface area contributed by atoms with Gasteiger partial charge in [0, 0.05) is 16.4 Å². The Kier molecular flexibility index (Phi) is 5.53. The van der Waals surface area contributed by atoms with Crippen LogP contribution in [0.1, 0.15) is 24.2 Å². The summed E-state index contributed by atoms with van der Waals surface area (Å²) in [5, 5.41) is 2.52. The molecule has 0 aliphatic rings. The van der Waals surface area contributed by atoms with Crippen LogP contribution in [0.2, 0.25) is 0 Å². The van der Waals surface area contributed by atoms with Gasteiger partial charge in [-0.25, -0.2) is 8.78 Å². The van der Waals surface area contributed by atoms with Gasteiger partial charge < -0.3 is 5.32 Å². The molecule has 1 atom stereocenters. The van der Waals surface area contributed by atoms with Crippen LogP contribution in [0.4, 0.5) is 8.78 Å². The summed E-state index contributed by atoms with van der Waals surface area (Å²) < 4.78 is 27.3. The summed E-state index contributed by atoms with van der Waals surface area (Å²) in [5.41, 5.74) is -0.589. The van der Waals surface area contributed by atoms with E-state index in [9.17, 15) is 13.6 Å². The Morgan fingerprint density at radius 1 is 1.39 bits per heavy atom. The standard InChI is InChI=1S/C12H13BrClF2NO/c1-6(2)10(5-14)17-12(18)11-8(15)3-7(13)4-9(11)16/h3-4,6,10H,5H2,1-2H3,(H,17,18). The molecule has 1 unspecified atom stereocenters. The zero-order chi connectivity index (χ0) is 13.9. The zero-order valence-electron chi connectivity index (χ0n) is 9.94. The maximum Gasteiger partial charge on any atom is 0.257 e. The van der Waals surface area contributed by atoms with Crippen LogP contribution in [0, 0.1) is 17.6 Å². The Labute approximate surface area is 118 Å². The van der Waals surface area contributed by atoms with E-state index in [0.717, 1.165) is 12.1 Å². The van der Waals surface area contributed by atoms with Crippen LogP contribution in [0.5, 0.6) is 0 Å². The van der Waals surface area contributed by atoms with Crippen molar-refractivity contribution in [1.82, 2.24) is 5.32 Å². The van der Waals surface area contributed by atoms with Gasteiger partial charge in [-0.05, 0) is 18.1 Å². The van der Waals surface area contributed by atoms with Crippen molar-refractivity contribution in [3.63, 3.8) is 0 Å². The summed E-state index contributed by atoms with van der Waals surface area (Å²) in [6.45, 7) is 3.73. The highest BCUT2D eigenvalue weighted by molar-refractivity contribution is 9.10. The molecule has 1 aromatic rings. The van der Waals surface area contributed by atoms with Crippen LogP contribution in [-0.2, 0) is 0 Å². The molecule has 1 aromatic carbocycles. The molecule has 1 rings (SSSR count). The van der Waals surface area contributed by atoms with Gasteiger partial charge in [0.1, 0.15) is 17.2 Å². The van der Waals surface area contributed by atoms with Crippen LogP contribution in [-0.4, -0.2) is 17.8 Å². The largest absolute Gasteiger partial charge is 0.348 e. The van der Waals surface area contributed by atoms with Gasteiger partial charge >= 0.3 is 0 Å². The van der Waals surface area contributed by atoms with Gasteiger partial charge in [0.15, 0.2) is 0 Å². The van der Waals surface area contributed by atoms with Crippen LogP contribution >= 0.6 is 27.5 Å². The van der Waals surface area contributed by atoms with Crippen molar-refractivity contribution in [2.75, 3.05) is 5.88 Å². The van der Waals surface area contributed by atoms with E-state index in [1.807, 2.05) is 13.8 Å². The highest BCUT2D eigenvalue weighted by atomic mass is 79.9. The average Bonchev–Trinajstić information content (AvgIpc) is 2.23. The quantitative estimate of drug-likeness (QED) is 0.832. The molecule has 0 aromatic heterocycles. The van der Waals surface area contributed by atoms with E-state index in [0.29, 0.717) is 0 Å². The molecule has 6 heteroatoms. The number of hydrogen-bond acceptors (Lipinski definition) is 1. The number of rotatable bonds is 4. The summed E-state index contributed by atoms with van der Waals surface area (Å²) in [6.07, 6.45) is 0. The lowest BCUT2D eigenvalue weighted by atomic mass is 10.1. The lowest BCUT2D eigenvalue weighted by Gasteiger charge is -2.20. The monoisotopic (exact) mass is 339 g/mol. The molecular weight excluding hydrogens is 327 g/mol. The number of carbonyl (C=O) groups excluding carboxylic acids is 1. The topological polar surface area (TPSA) is 29.1 Å². The second-order valence-electron chi connectivity index (χ2n) is 4.22. The maximum absolute atomic E-state index is 13.6. The Balaban J connectivity index is 2.98. The first-order valence-electron chi connectivity index (χ1n) is 5.38. The minimum Gasteiger partial charge on any atom is -0.348 e. The molecule has 0 fully saturated rings. The number of nitrogens with one attached hydrogen (secondary N) is 1. The molecule has 0 saturated carbocycles. The van der Waals surface area contributed by atoms with Gasteiger partial charge in [0.25, 0.3) is 5.91 Å². The molecule has 0 radical (unpaired) electrons. The Hall–Kier alpha value is -0.680. The van der Waals surface area contributed by atoms with Crippen molar-refractivity contribution >= 4 is 33.4 Å². The van der Waals surface area contributed by atoms with E-state index in [4.69, 9.17) is 11.6 Å². The van der Waals surface area contributed by atoms with Crippen molar-refractivity contribution in [3.05, 3.63) is 33.8 Å². The number of hydrogen-bond donors (Lipinski definition) is 1. The molecule has 0 heterocycles. The highest BCUT2D eigenvalue weighted by Gasteiger charge is 2.22. The van der Waals surface area contributed by atoms with Gasteiger partial charge in [0.2, 0.25) is 0 Å². The molecule has 2 nitrogen and oxygen atoms in total. The predicted molar refractivity (Wildman–Crippen MR) is 70.9 cm³/mol. The number of amides is 1. The molecule has 0 aliphatic heterocycles. The summed E-state index contributed by atoms with van der Waals surface area (Å²) in [4.78, 5) is 11.8. The van der Waals surface area contributed by atoms with Crippen molar-refractivity contribution in [1.29, 1.82) is 0 Å². The Morgan fingerprint density at radius 2 is 1.89 bits per heavy atom. The van der Waals surface area contributed by atoms with Gasteiger partial charge in [-0.2, -0.15) is 0 Å². The smallest absolute Gasteiger partial charge is 0.257 e. The molecule has 0 aliphatic carbocycles. The summed E-state index contributed by atoms with van der Waals surface area (Å²) in [7, 11) is 0. The van der Waals surface area contributed by atoms with Gasteiger partial charge in [-0.3, -0.25) is 4.79 Å². The van der Waals surface area contributed by atoms with E-state index in [-0.39, 0.29) is 22.3 Å². The number of alkyl halides is 1. The SMILES string of the molecule is CC(C)C(CCl)NC(=O)c1c(F)cc(Br)cc1F. The molecule has 1 amide bonds. The lowest BCUT2D eigenvalue weighted by Crippen LogP contribution is -2.40. The molecular formula is C12H13BrClF2NO. The average molecular weight is 341 g/mol. The van der Waals surface area contributed by atoms with Gasteiger partial charge in [-0.1, -0.05) is 29.8 Å². The third-order valence-corrected chi connectivity index (χ3v) is 3.31. The first kappa shape index (κ1) is 15.4. The van der Waals surface area contributed by atoms with Gasteiger partial charge in [-0.15, -0.1) is 11.6 Å². The van der Waals surface area contributed by atoms with Gasteiger partial charge in [0.05, 0.1) is 0 Å². The molecule has 100 valence electrons. The Morgan fingerprint density at radius 3 is 2.28 bits per heavy atom. The van der Waals surface area contributed by atoms with Crippen LogP contribution in [0.15, 0.2) is 16.6 Å². The normalized spacial score (nSPS) is 12.6. The van der Waals surface area contributed by atoms with Crippen LogP contribution < -0.4 is 5.32 Å². The summed E-state index contributed by atoms with van der Waals surface area (Å²) in [5.74, 6) is -2.35. The van der Waals surface area contributed by atoms with E-state index in [2.05, 4.69) is 21.2 Å². The molecule has 1 N–H and O–H groups in total. The lowest BCUT2D eigenvalue weighted by molar-refractivity contribution is 0.0922. The predicted octanol–water partition coefficient (Wildman–Crippen LogP) is 3.72. The first-order valence-corrected chi connectivity index (χ1v) is 6.71. The molecule has 0 saturated heterocycles. The number of carbonyl (C=O) groups is 1.